The molecule has 2 heterocycles. The molecule has 1 saturated carbocycles. The van der Waals surface area contributed by atoms with Crippen molar-refractivity contribution in [3.63, 3.8) is 0 Å². The minimum absolute atomic E-state index is 0.0651. The third kappa shape index (κ3) is 4.96. The van der Waals surface area contributed by atoms with Gasteiger partial charge in [0.25, 0.3) is 0 Å². The van der Waals surface area contributed by atoms with E-state index < -0.39 is 23.4 Å². The minimum Gasteiger partial charge on any atom is -0.481 e. The Kier molecular flexibility index (Phi) is 6.10. The lowest BCUT2D eigenvalue weighted by atomic mass is 9.85. The summed E-state index contributed by atoms with van der Waals surface area (Å²) in [5, 5.41) is 8.92. The lowest BCUT2D eigenvalue weighted by Gasteiger charge is -2.27. The Bertz CT molecular complexity index is 1380. The molecule has 180 valence electrons. The summed E-state index contributed by atoms with van der Waals surface area (Å²) < 4.78 is 48.1. The molecule has 0 atom stereocenters. The predicted molar refractivity (Wildman–Crippen MR) is 121 cm³/mol. The van der Waals surface area contributed by atoms with E-state index in [1.807, 2.05) is 0 Å². The highest BCUT2D eigenvalue weighted by molar-refractivity contribution is 5.80. The highest BCUT2D eigenvalue weighted by atomic mass is 19.1. The molecule has 2 N–H and O–H groups in total. The van der Waals surface area contributed by atoms with Gasteiger partial charge in [-0.3, -0.25) is 4.79 Å². The fourth-order valence-corrected chi connectivity index (χ4v) is 4.43. The summed E-state index contributed by atoms with van der Waals surface area (Å²) in [5.41, 5.74) is 1.29. The number of aromatic amines is 1. The summed E-state index contributed by atoms with van der Waals surface area (Å²) in [7, 11) is 0. The van der Waals surface area contributed by atoms with Crippen LogP contribution in [-0.2, 0) is 4.79 Å². The van der Waals surface area contributed by atoms with Gasteiger partial charge in [-0.15, -0.1) is 0 Å². The van der Waals surface area contributed by atoms with E-state index in [4.69, 9.17) is 9.84 Å². The van der Waals surface area contributed by atoms with E-state index in [9.17, 15) is 18.0 Å². The Balaban J connectivity index is 1.28. The first-order valence-electron chi connectivity index (χ1n) is 11.2. The second-order valence-electron chi connectivity index (χ2n) is 8.68. The second kappa shape index (κ2) is 9.36. The quantitative estimate of drug-likeness (QED) is 0.376. The van der Waals surface area contributed by atoms with E-state index in [-0.39, 0.29) is 46.9 Å². The van der Waals surface area contributed by atoms with Crippen LogP contribution in [-0.4, -0.2) is 37.1 Å². The first kappa shape index (κ1) is 22.8. The Hall–Kier alpha value is -3.95. The van der Waals surface area contributed by atoms with Gasteiger partial charge in [0.1, 0.15) is 29.1 Å². The van der Waals surface area contributed by atoms with Gasteiger partial charge in [-0.1, -0.05) is 6.07 Å². The Morgan fingerprint density at radius 2 is 1.74 bits per heavy atom. The molecule has 0 amide bonds. The average molecular weight is 482 g/mol. The number of rotatable bonds is 6. The number of carbonyl (C=O) groups is 1. The van der Waals surface area contributed by atoms with Gasteiger partial charge in [0.05, 0.1) is 11.1 Å². The van der Waals surface area contributed by atoms with Crippen molar-refractivity contribution < 1.29 is 27.8 Å². The molecule has 0 saturated heterocycles. The SMILES string of the molecule is O=C(O)CC1CCC(Oc2ncc(-c3ccc(-c4nc5c(F)cc(F)cc5[nH]4)c(F)c3)cn2)CC1. The highest BCUT2D eigenvalue weighted by Gasteiger charge is 2.24. The summed E-state index contributed by atoms with van der Waals surface area (Å²) in [6, 6.07) is 6.49. The van der Waals surface area contributed by atoms with E-state index in [1.165, 1.54) is 24.5 Å². The monoisotopic (exact) mass is 482 g/mol. The van der Waals surface area contributed by atoms with Gasteiger partial charge >= 0.3 is 12.0 Å². The topological polar surface area (TPSA) is 101 Å². The molecule has 7 nitrogen and oxygen atoms in total. The standard InChI is InChI=1S/C25H21F3N4O3/c26-16-9-20(28)23-21(10-16)31-24(32-23)18-6-3-14(8-19(18)27)15-11-29-25(30-12-15)35-17-4-1-13(2-5-17)7-22(33)34/h3,6,8-13,17H,1-2,4-5,7H2,(H,31,32)(H,33,34). The van der Waals surface area contributed by atoms with Gasteiger partial charge in [0.15, 0.2) is 5.82 Å². The number of aliphatic carboxylic acids is 1. The number of ether oxygens (including phenoxy) is 1. The van der Waals surface area contributed by atoms with Crippen LogP contribution in [0.5, 0.6) is 6.01 Å². The molecule has 0 aliphatic heterocycles. The maximum absolute atomic E-state index is 14.9. The van der Waals surface area contributed by atoms with Crippen molar-refractivity contribution in [1.29, 1.82) is 0 Å². The van der Waals surface area contributed by atoms with Crippen LogP contribution in [0.25, 0.3) is 33.5 Å². The van der Waals surface area contributed by atoms with E-state index in [0.29, 0.717) is 11.1 Å². The molecular weight excluding hydrogens is 461 g/mol. The van der Waals surface area contributed by atoms with Crippen LogP contribution >= 0.6 is 0 Å². The number of carboxylic acid groups (broad SMARTS) is 1. The molecule has 0 radical (unpaired) electrons. The number of hydrogen-bond acceptors (Lipinski definition) is 5. The van der Waals surface area contributed by atoms with Gasteiger partial charge in [0.2, 0.25) is 0 Å². The van der Waals surface area contributed by atoms with Crippen LogP contribution in [0, 0.1) is 23.4 Å². The zero-order valence-corrected chi connectivity index (χ0v) is 18.5. The molecule has 0 bridgehead atoms. The molecule has 0 unspecified atom stereocenters. The van der Waals surface area contributed by atoms with Crippen molar-refractivity contribution in [2.45, 2.75) is 38.2 Å². The molecule has 35 heavy (non-hydrogen) atoms. The van der Waals surface area contributed by atoms with Crippen LogP contribution in [0.4, 0.5) is 13.2 Å². The van der Waals surface area contributed by atoms with Crippen molar-refractivity contribution in [3.05, 3.63) is 60.2 Å². The molecule has 2 aromatic carbocycles. The molecule has 10 heteroatoms. The Labute approximate surface area is 198 Å². The molecule has 1 aliphatic rings. The number of aromatic nitrogens is 4. The number of carboxylic acids is 1. The van der Waals surface area contributed by atoms with Gasteiger partial charge in [-0.2, -0.15) is 0 Å². The zero-order valence-electron chi connectivity index (χ0n) is 18.5. The number of halogens is 3. The Morgan fingerprint density at radius 1 is 1.00 bits per heavy atom. The number of benzene rings is 2. The zero-order chi connectivity index (χ0) is 24.5. The van der Waals surface area contributed by atoms with Crippen molar-refractivity contribution in [2.75, 3.05) is 0 Å². The average Bonchev–Trinajstić information content (AvgIpc) is 3.24. The predicted octanol–water partition coefficient (Wildman–Crippen LogP) is 5.52. The number of nitrogens with one attached hydrogen (secondary N) is 1. The lowest BCUT2D eigenvalue weighted by Crippen LogP contribution is -2.25. The summed E-state index contributed by atoms with van der Waals surface area (Å²) in [6.07, 6.45) is 6.24. The van der Waals surface area contributed by atoms with E-state index in [1.54, 1.807) is 6.07 Å². The minimum atomic E-state index is -0.827. The van der Waals surface area contributed by atoms with E-state index in [2.05, 4.69) is 19.9 Å². The smallest absolute Gasteiger partial charge is 0.316 e. The van der Waals surface area contributed by atoms with Crippen LogP contribution in [0.1, 0.15) is 32.1 Å². The van der Waals surface area contributed by atoms with Crippen molar-refractivity contribution >= 4 is 17.0 Å². The molecule has 2 aromatic heterocycles. The first-order valence-corrected chi connectivity index (χ1v) is 11.2. The van der Waals surface area contributed by atoms with E-state index in [0.717, 1.165) is 37.8 Å². The molecular formula is C25H21F3N4O3. The lowest BCUT2D eigenvalue weighted by molar-refractivity contribution is -0.138. The molecule has 0 spiro atoms. The molecule has 5 rings (SSSR count). The van der Waals surface area contributed by atoms with Crippen LogP contribution in [0.15, 0.2) is 42.7 Å². The maximum Gasteiger partial charge on any atom is 0.316 e. The largest absolute Gasteiger partial charge is 0.481 e. The van der Waals surface area contributed by atoms with Gasteiger partial charge in [-0.05, 0) is 55.4 Å². The fourth-order valence-electron chi connectivity index (χ4n) is 4.43. The normalized spacial score (nSPS) is 18.0. The molecule has 4 aromatic rings. The molecule has 1 fully saturated rings. The summed E-state index contributed by atoms with van der Waals surface area (Å²) in [4.78, 5) is 26.1. The first-order chi connectivity index (χ1) is 16.9. The number of hydrogen-bond donors (Lipinski definition) is 2. The van der Waals surface area contributed by atoms with Crippen molar-refractivity contribution in [3.8, 4) is 28.5 Å². The van der Waals surface area contributed by atoms with Crippen LogP contribution in [0.2, 0.25) is 0 Å². The number of H-pyrrole nitrogens is 1. The van der Waals surface area contributed by atoms with Gasteiger partial charge in [-0.25, -0.2) is 28.1 Å². The van der Waals surface area contributed by atoms with Crippen LogP contribution < -0.4 is 4.74 Å². The summed E-state index contributed by atoms with van der Waals surface area (Å²) >= 11 is 0. The summed E-state index contributed by atoms with van der Waals surface area (Å²) in [5.74, 6) is -2.69. The highest BCUT2D eigenvalue weighted by Crippen LogP contribution is 2.31. The van der Waals surface area contributed by atoms with Crippen molar-refractivity contribution in [2.24, 2.45) is 5.92 Å². The fraction of sp³-hybridized carbons (Fsp3) is 0.280. The number of fused-ring (bicyclic) bond motifs is 1. The number of imidazole rings is 1. The van der Waals surface area contributed by atoms with Crippen LogP contribution in [0.3, 0.4) is 0 Å². The third-order valence-corrected chi connectivity index (χ3v) is 6.22. The third-order valence-electron chi connectivity index (χ3n) is 6.22. The Morgan fingerprint density at radius 3 is 2.43 bits per heavy atom. The van der Waals surface area contributed by atoms with Gasteiger partial charge in [0, 0.05) is 30.4 Å². The number of nitrogens with zero attached hydrogens (tertiary/aromatic N) is 3. The summed E-state index contributed by atoms with van der Waals surface area (Å²) in [6.45, 7) is 0. The van der Waals surface area contributed by atoms with Crippen molar-refractivity contribution in [1.82, 2.24) is 19.9 Å². The molecule has 1 aliphatic carbocycles. The second-order valence-corrected chi connectivity index (χ2v) is 8.68. The van der Waals surface area contributed by atoms with Gasteiger partial charge < -0.3 is 14.8 Å². The maximum atomic E-state index is 14.9. The van der Waals surface area contributed by atoms with E-state index >= 15 is 0 Å².